The summed E-state index contributed by atoms with van der Waals surface area (Å²) in [4.78, 5) is 14.5. The fourth-order valence-electron chi connectivity index (χ4n) is 2.76. The van der Waals surface area contributed by atoms with Crippen LogP contribution in [-0.2, 0) is 17.9 Å². The molecule has 7 nitrogen and oxygen atoms in total. The average Bonchev–Trinajstić information content (AvgIpc) is 3.26. The summed E-state index contributed by atoms with van der Waals surface area (Å²) in [6, 6.07) is 3.69. The Hall–Kier alpha value is -1.93. The number of nitrogens with one attached hydrogen (secondary N) is 1. The molecule has 1 aliphatic rings. The average molecular weight is 350 g/mol. The Morgan fingerprint density at radius 2 is 2.29 bits per heavy atom. The Morgan fingerprint density at radius 3 is 3.00 bits per heavy atom. The highest BCUT2D eigenvalue weighted by Gasteiger charge is 2.25. The molecule has 0 saturated carbocycles. The molecule has 2 aromatic heterocycles. The van der Waals surface area contributed by atoms with Crippen LogP contribution in [0.25, 0.3) is 0 Å². The molecule has 0 aromatic carbocycles. The topological polar surface area (TPSA) is 80.5 Å². The molecule has 0 unspecified atom stereocenters. The number of piperidine rings is 1. The predicted octanol–water partition coefficient (Wildman–Crippen LogP) is 2.06. The van der Waals surface area contributed by atoms with Crippen molar-refractivity contribution in [2.24, 2.45) is 5.92 Å². The lowest BCUT2D eigenvalue weighted by Gasteiger charge is -2.30. The molecule has 130 valence electrons. The van der Waals surface area contributed by atoms with Crippen LogP contribution in [0.4, 0.5) is 0 Å². The number of carbonyl (C=O) groups excluding carboxylic acids is 1. The number of nitrogens with zero attached hydrogens (tertiary/aromatic N) is 3. The van der Waals surface area contributed by atoms with Crippen LogP contribution >= 0.6 is 11.3 Å². The minimum Gasteiger partial charge on any atom is -0.469 e. The first kappa shape index (κ1) is 16.9. The first-order chi connectivity index (χ1) is 11.7. The number of ether oxygens (including phenoxy) is 1. The number of amides is 1. The number of rotatable bonds is 7. The molecule has 1 N–H and O–H groups in total. The lowest BCUT2D eigenvalue weighted by atomic mass is 9.96. The van der Waals surface area contributed by atoms with E-state index in [0.29, 0.717) is 18.3 Å². The van der Waals surface area contributed by atoms with Crippen molar-refractivity contribution in [3.8, 4) is 5.19 Å². The molecule has 1 saturated heterocycles. The first-order valence-corrected chi connectivity index (χ1v) is 9.04. The van der Waals surface area contributed by atoms with Crippen LogP contribution in [0.15, 0.2) is 22.8 Å². The Bertz CT molecular complexity index is 636. The number of furan rings is 1. The van der Waals surface area contributed by atoms with Gasteiger partial charge in [0.15, 0.2) is 0 Å². The van der Waals surface area contributed by atoms with Crippen molar-refractivity contribution in [2.75, 3.05) is 19.7 Å². The molecular formula is C16H22N4O3S. The third-order valence-corrected chi connectivity index (χ3v) is 4.87. The molecule has 1 aliphatic heterocycles. The van der Waals surface area contributed by atoms with Crippen molar-refractivity contribution < 1.29 is 13.9 Å². The third kappa shape index (κ3) is 4.55. The summed E-state index contributed by atoms with van der Waals surface area (Å²) in [5.74, 6) is 0.965. The van der Waals surface area contributed by atoms with E-state index in [0.717, 1.165) is 43.2 Å². The van der Waals surface area contributed by atoms with Gasteiger partial charge in [0.05, 0.1) is 26.0 Å². The smallest absolute Gasteiger partial charge is 0.294 e. The van der Waals surface area contributed by atoms with Crippen LogP contribution in [0.5, 0.6) is 5.19 Å². The summed E-state index contributed by atoms with van der Waals surface area (Å²) in [6.07, 6.45) is 3.34. The van der Waals surface area contributed by atoms with Crippen molar-refractivity contribution in [2.45, 2.75) is 32.9 Å². The zero-order valence-corrected chi connectivity index (χ0v) is 14.6. The standard InChI is InChI=1S/C16H22N4O3S/c1-2-22-16-19-18-14(24-16)11-20-7-5-12(6-8-20)15(21)17-10-13-4-3-9-23-13/h3-4,9,12H,2,5-8,10-11H2,1H3,(H,17,21). The highest BCUT2D eigenvalue weighted by atomic mass is 32.1. The van der Waals surface area contributed by atoms with Crippen LogP contribution in [0.2, 0.25) is 0 Å². The maximum atomic E-state index is 12.2. The largest absolute Gasteiger partial charge is 0.469 e. The monoisotopic (exact) mass is 350 g/mol. The van der Waals surface area contributed by atoms with Crippen molar-refractivity contribution in [1.82, 2.24) is 20.4 Å². The highest BCUT2D eigenvalue weighted by molar-refractivity contribution is 7.13. The van der Waals surface area contributed by atoms with Gasteiger partial charge in [-0.05, 0) is 45.0 Å². The summed E-state index contributed by atoms with van der Waals surface area (Å²) < 4.78 is 10.6. The SMILES string of the molecule is CCOc1nnc(CN2CCC(C(=O)NCc3ccco3)CC2)s1. The van der Waals surface area contributed by atoms with E-state index in [1.54, 1.807) is 6.26 Å². The summed E-state index contributed by atoms with van der Waals surface area (Å²) in [5.41, 5.74) is 0. The van der Waals surface area contributed by atoms with Crippen LogP contribution in [0.3, 0.4) is 0 Å². The molecule has 0 atom stereocenters. The molecule has 0 radical (unpaired) electrons. The van der Waals surface area contributed by atoms with Gasteiger partial charge in [0.1, 0.15) is 10.8 Å². The molecular weight excluding hydrogens is 328 g/mol. The molecule has 24 heavy (non-hydrogen) atoms. The van der Waals surface area contributed by atoms with Crippen molar-refractivity contribution in [1.29, 1.82) is 0 Å². The maximum absolute atomic E-state index is 12.2. The predicted molar refractivity (Wildman–Crippen MR) is 89.6 cm³/mol. The van der Waals surface area contributed by atoms with E-state index in [1.807, 2.05) is 19.1 Å². The second kappa shape index (κ2) is 8.25. The zero-order chi connectivity index (χ0) is 16.8. The summed E-state index contributed by atoms with van der Waals surface area (Å²) >= 11 is 1.49. The number of hydrogen-bond acceptors (Lipinski definition) is 7. The summed E-state index contributed by atoms with van der Waals surface area (Å²) in [6.45, 7) is 5.54. The second-order valence-electron chi connectivity index (χ2n) is 5.74. The van der Waals surface area contributed by atoms with E-state index in [1.165, 1.54) is 11.3 Å². The van der Waals surface area contributed by atoms with Crippen molar-refractivity contribution >= 4 is 17.2 Å². The van der Waals surface area contributed by atoms with Gasteiger partial charge >= 0.3 is 0 Å². The molecule has 0 spiro atoms. The number of hydrogen-bond donors (Lipinski definition) is 1. The number of aromatic nitrogens is 2. The van der Waals surface area contributed by atoms with Gasteiger partial charge < -0.3 is 14.5 Å². The molecule has 2 aromatic rings. The molecule has 1 fully saturated rings. The molecule has 1 amide bonds. The van der Waals surface area contributed by atoms with E-state index in [-0.39, 0.29) is 11.8 Å². The van der Waals surface area contributed by atoms with Gasteiger partial charge in [0.2, 0.25) is 5.91 Å². The highest BCUT2D eigenvalue weighted by Crippen LogP contribution is 2.23. The van der Waals surface area contributed by atoms with Crippen LogP contribution in [0, 0.1) is 5.92 Å². The van der Waals surface area contributed by atoms with E-state index >= 15 is 0 Å². The molecule has 3 rings (SSSR count). The van der Waals surface area contributed by atoms with Crippen LogP contribution in [0.1, 0.15) is 30.5 Å². The van der Waals surface area contributed by atoms with Crippen molar-refractivity contribution in [3.05, 3.63) is 29.2 Å². The lowest BCUT2D eigenvalue weighted by molar-refractivity contribution is -0.126. The Labute approximate surface area is 145 Å². The second-order valence-corrected chi connectivity index (χ2v) is 6.77. The zero-order valence-electron chi connectivity index (χ0n) is 13.7. The molecule has 0 bridgehead atoms. The summed E-state index contributed by atoms with van der Waals surface area (Å²) in [5, 5.41) is 12.7. The summed E-state index contributed by atoms with van der Waals surface area (Å²) in [7, 11) is 0. The van der Waals surface area contributed by atoms with E-state index in [2.05, 4.69) is 20.4 Å². The van der Waals surface area contributed by atoms with Gasteiger partial charge in [-0.3, -0.25) is 9.69 Å². The van der Waals surface area contributed by atoms with Crippen molar-refractivity contribution in [3.63, 3.8) is 0 Å². The van der Waals surface area contributed by atoms with Gasteiger partial charge in [0.25, 0.3) is 5.19 Å². The van der Waals surface area contributed by atoms with E-state index < -0.39 is 0 Å². The fraction of sp³-hybridized carbons (Fsp3) is 0.562. The Balaban J connectivity index is 1.40. The van der Waals surface area contributed by atoms with Gasteiger partial charge in [-0.1, -0.05) is 11.3 Å². The lowest BCUT2D eigenvalue weighted by Crippen LogP contribution is -2.40. The minimum absolute atomic E-state index is 0.0737. The number of likely N-dealkylation sites (tertiary alicyclic amines) is 1. The fourth-order valence-corrected chi connectivity index (χ4v) is 3.55. The number of carbonyl (C=O) groups is 1. The van der Waals surface area contributed by atoms with Gasteiger partial charge in [0, 0.05) is 5.92 Å². The Kier molecular flexibility index (Phi) is 5.81. The van der Waals surface area contributed by atoms with Gasteiger partial charge in [-0.15, -0.1) is 10.2 Å². The van der Waals surface area contributed by atoms with Crippen LogP contribution < -0.4 is 10.1 Å². The first-order valence-electron chi connectivity index (χ1n) is 8.22. The molecule has 8 heteroatoms. The molecule has 0 aliphatic carbocycles. The van der Waals surface area contributed by atoms with Gasteiger partial charge in [-0.25, -0.2) is 0 Å². The third-order valence-electron chi connectivity index (χ3n) is 4.05. The quantitative estimate of drug-likeness (QED) is 0.823. The maximum Gasteiger partial charge on any atom is 0.294 e. The van der Waals surface area contributed by atoms with E-state index in [9.17, 15) is 4.79 Å². The van der Waals surface area contributed by atoms with Gasteiger partial charge in [-0.2, -0.15) is 0 Å². The normalized spacial score (nSPS) is 16.2. The molecule has 3 heterocycles. The van der Waals surface area contributed by atoms with Crippen LogP contribution in [-0.4, -0.2) is 40.7 Å². The minimum atomic E-state index is 0.0737. The Morgan fingerprint density at radius 1 is 1.46 bits per heavy atom. The van der Waals surface area contributed by atoms with E-state index in [4.69, 9.17) is 9.15 Å².